The summed E-state index contributed by atoms with van der Waals surface area (Å²) in [6.07, 6.45) is 0.674. The van der Waals surface area contributed by atoms with Crippen molar-refractivity contribution in [3.05, 3.63) is 71.8 Å². The summed E-state index contributed by atoms with van der Waals surface area (Å²) in [4.78, 5) is 22.7. The molecular formula is C30H35ClN4O5S2. The second kappa shape index (κ2) is 13.3. The molecule has 3 aromatic carbocycles. The molecule has 0 saturated carbocycles. The molecule has 1 amide bonds. The van der Waals surface area contributed by atoms with E-state index in [0.29, 0.717) is 59.5 Å². The minimum absolute atomic E-state index is 0. The van der Waals surface area contributed by atoms with Gasteiger partial charge in [0.2, 0.25) is 0 Å². The van der Waals surface area contributed by atoms with E-state index in [4.69, 9.17) is 14.5 Å². The van der Waals surface area contributed by atoms with Gasteiger partial charge in [0, 0.05) is 37.3 Å². The second-order valence-corrected chi connectivity index (χ2v) is 12.5. The first-order chi connectivity index (χ1) is 19.8. The molecule has 42 heavy (non-hydrogen) atoms. The highest BCUT2D eigenvalue weighted by Gasteiger charge is 2.31. The van der Waals surface area contributed by atoms with Crippen molar-refractivity contribution in [1.29, 1.82) is 0 Å². The van der Waals surface area contributed by atoms with Gasteiger partial charge in [0.15, 0.2) is 16.6 Å². The van der Waals surface area contributed by atoms with Gasteiger partial charge in [-0.25, -0.2) is 13.4 Å². The predicted molar refractivity (Wildman–Crippen MR) is 171 cm³/mol. The smallest absolute Gasteiger partial charge is 0.264 e. The number of anilines is 2. The van der Waals surface area contributed by atoms with Crippen LogP contribution in [0.4, 0.5) is 10.8 Å². The zero-order chi connectivity index (χ0) is 29.1. The number of rotatable bonds is 11. The zero-order valence-corrected chi connectivity index (χ0v) is 26.5. The Bertz CT molecular complexity index is 1620. The van der Waals surface area contributed by atoms with Crippen molar-refractivity contribution in [2.45, 2.75) is 25.2 Å². The Labute approximate surface area is 257 Å². The fourth-order valence-corrected chi connectivity index (χ4v) is 7.54. The van der Waals surface area contributed by atoms with Crippen LogP contribution in [0.1, 0.15) is 29.8 Å². The minimum Gasteiger partial charge on any atom is -0.493 e. The molecule has 0 spiro atoms. The molecule has 0 fully saturated rings. The van der Waals surface area contributed by atoms with E-state index in [-0.39, 0.29) is 23.2 Å². The number of sulfonamides is 1. The number of likely N-dealkylation sites (N-methyl/N-ethyl adjacent to an activating group) is 1. The lowest BCUT2D eigenvalue weighted by Crippen LogP contribution is -2.39. The Morgan fingerprint density at radius 3 is 2.31 bits per heavy atom. The van der Waals surface area contributed by atoms with Crippen LogP contribution >= 0.6 is 23.7 Å². The third kappa shape index (κ3) is 6.05. The molecule has 1 aliphatic heterocycles. The van der Waals surface area contributed by atoms with Gasteiger partial charge in [0.25, 0.3) is 15.9 Å². The maximum absolute atomic E-state index is 13.9. The molecule has 1 aliphatic rings. The molecule has 12 heteroatoms. The van der Waals surface area contributed by atoms with Crippen LogP contribution in [0.25, 0.3) is 10.2 Å². The lowest BCUT2D eigenvalue weighted by atomic mass is 10.2. The maximum atomic E-state index is 13.9. The first-order valence-corrected chi connectivity index (χ1v) is 15.8. The van der Waals surface area contributed by atoms with Crippen LogP contribution in [0.5, 0.6) is 11.5 Å². The van der Waals surface area contributed by atoms with Crippen LogP contribution in [-0.4, -0.2) is 71.2 Å². The number of ether oxygens (including phenoxy) is 2. The van der Waals surface area contributed by atoms with Gasteiger partial charge in [-0.05, 0) is 55.4 Å². The lowest BCUT2D eigenvalue weighted by molar-refractivity contribution is 0.0983. The van der Waals surface area contributed by atoms with Crippen LogP contribution in [0.3, 0.4) is 0 Å². The largest absolute Gasteiger partial charge is 0.493 e. The van der Waals surface area contributed by atoms with E-state index in [0.717, 1.165) is 23.4 Å². The number of methoxy groups -OCH3 is 2. The third-order valence-electron chi connectivity index (χ3n) is 7.43. The first-order valence-electron chi connectivity index (χ1n) is 13.6. The van der Waals surface area contributed by atoms with Gasteiger partial charge in [0.1, 0.15) is 0 Å². The van der Waals surface area contributed by atoms with Crippen molar-refractivity contribution in [2.75, 3.05) is 56.1 Å². The standard InChI is InChI=1S/C30H34N4O5S2.ClH/c1-5-32(6-2)17-18-33(30-31-24-19-26(38-3)27(39-4)20-28(24)40-30)29(35)22-11-13-23(14-12-22)41(36,37)34-16-15-21-9-7-8-10-25(21)34;/h7-14,19-20H,5-6,15-18H2,1-4H3;1H. The molecule has 0 saturated heterocycles. The molecule has 0 atom stereocenters. The Balaban J connectivity index is 0.00000405. The highest BCUT2D eigenvalue weighted by atomic mass is 35.5. The third-order valence-corrected chi connectivity index (χ3v) is 10.3. The average Bonchev–Trinajstić information content (AvgIpc) is 3.63. The summed E-state index contributed by atoms with van der Waals surface area (Å²) in [5.74, 6) is 0.912. The Hall–Kier alpha value is -3.38. The molecule has 0 radical (unpaired) electrons. The Morgan fingerprint density at radius 2 is 1.64 bits per heavy atom. The molecule has 0 unspecified atom stereocenters. The van der Waals surface area contributed by atoms with Gasteiger partial charge in [0.05, 0.1) is 35.0 Å². The molecule has 224 valence electrons. The number of halogens is 1. The number of carbonyl (C=O) groups is 1. The van der Waals surface area contributed by atoms with Gasteiger partial charge in [-0.3, -0.25) is 14.0 Å². The van der Waals surface area contributed by atoms with Crippen molar-refractivity contribution >= 4 is 60.7 Å². The van der Waals surface area contributed by atoms with Crippen molar-refractivity contribution in [1.82, 2.24) is 9.88 Å². The monoisotopic (exact) mass is 630 g/mol. The molecular weight excluding hydrogens is 596 g/mol. The predicted octanol–water partition coefficient (Wildman–Crippen LogP) is 5.48. The summed E-state index contributed by atoms with van der Waals surface area (Å²) in [5.41, 5.74) is 2.81. The van der Waals surface area contributed by atoms with Crippen molar-refractivity contribution in [2.24, 2.45) is 0 Å². The minimum atomic E-state index is -3.76. The molecule has 4 aromatic rings. The Morgan fingerprint density at radius 1 is 0.976 bits per heavy atom. The van der Waals surface area contributed by atoms with E-state index in [1.807, 2.05) is 30.3 Å². The summed E-state index contributed by atoms with van der Waals surface area (Å²) in [6, 6.07) is 17.4. The van der Waals surface area contributed by atoms with E-state index in [9.17, 15) is 13.2 Å². The zero-order valence-electron chi connectivity index (χ0n) is 24.1. The molecule has 0 N–H and O–H groups in total. The maximum Gasteiger partial charge on any atom is 0.264 e. The van der Waals surface area contributed by atoms with Crippen molar-refractivity contribution in [3.63, 3.8) is 0 Å². The number of aromatic nitrogens is 1. The number of nitrogens with zero attached hydrogens (tertiary/aromatic N) is 4. The van der Waals surface area contributed by atoms with Crippen molar-refractivity contribution in [3.8, 4) is 11.5 Å². The molecule has 5 rings (SSSR count). The quantitative estimate of drug-likeness (QED) is 0.217. The van der Waals surface area contributed by atoms with E-state index in [1.54, 1.807) is 37.3 Å². The van der Waals surface area contributed by atoms with Crippen LogP contribution in [0.15, 0.2) is 65.6 Å². The van der Waals surface area contributed by atoms with Gasteiger partial charge < -0.3 is 14.4 Å². The second-order valence-electron chi connectivity index (χ2n) is 9.64. The van der Waals surface area contributed by atoms with E-state index < -0.39 is 10.0 Å². The summed E-state index contributed by atoms with van der Waals surface area (Å²) < 4.78 is 40.1. The Kier molecular flexibility index (Phi) is 9.98. The van der Waals surface area contributed by atoms with Gasteiger partial charge in [-0.15, -0.1) is 12.4 Å². The average molecular weight is 631 g/mol. The summed E-state index contributed by atoms with van der Waals surface area (Å²) in [5, 5.41) is 0.554. The lowest BCUT2D eigenvalue weighted by Gasteiger charge is -2.25. The molecule has 1 aromatic heterocycles. The summed E-state index contributed by atoms with van der Waals surface area (Å²) in [6.45, 7) is 7.39. The number of thiazole rings is 1. The summed E-state index contributed by atoms with van der Waals surface area (Å²) >= 11 is 1.40. The molecule has 0 bridgehead atoms. The number of hydrogen-bond acceptors (Lipinski definition) is 8. The first kappa shape index (κ1) is 31.6. The van der Waals surface area contributed by atoms with E-state index in [2.05, 4.69) is 18.7 Å². The fraction of sp³-hybridized carbons (Fsp3) is 0.333. The van der Waals surface area contributed by atoms with E-state index in [1.165, 1.54) is 27.8 Å². The number of fused-ring (bicyclic) bond motifs is 2. The number of carbonyl (C=O) groups excluding carboxylic acids is 1. The van der Waals surface area contributed by atoms with Crippen LogP contribution in [-0.2, 0) is 16.4 Å². The highest BCUT2D eigenvalue weighted by Crippen LogP contribution is 2.38. The van der Waals surface area contributed by atoms with Gasteiger partial charge in [-0.2, -0.15) is 0 Å². The van der Waals surface area contributed by atoms with Gasteiger partial charge >= 0.3 is 0 Å². The van der Waals surface area contributed by atoms with E-state index >= 15 is 0 Å². The fourth-order valence-electron chi connectivity index (χ4n) is 5.03. The van der Waals surface area contributed by atoms with Crippen LogP contribution in [0, 0.1) is 0 Å². The number of hydrogen-bond donors (Lipinski definition) is 0. The van der Waals surface area contributed by atoms with Gasteiger partial charge in [-0.1, -0.05) is 43.4 Å². The van der Waals surface area contributed by atoms with Crippen molar-refractivity contribution < 1.29 is 22.7 Å². The van der Waals surface area contributed by atoms with Crippen LogP contribution in [0.2, 0.25) is 0 Å². The number of benzene rings is 3. The molecule has 9 nitrogen and oxygen atoms in total. The van der Waals surface area contributed by atoms with Crippen LogP contribution < -0.4 is 18.7 Å². The number of para-hydroxylation sites is 1. The summed E-state index contributed by atoms with van der Waals surface area (Å²) in [7, 11) is -0.604. The number of amides is 1. The molecule has 2 heterocycles. The topological polar surface area (TPSA) is 92.3 Å². The molecule has 0 aliphatic carbocycles. The highest BCUT2D eigenvalue weighted by molar-refractivity contribution is 7.92. The normalized spacial score (nSPS) is 12.7. The SMILES string of the molecule is CCN(CC)CCN(C(=O)c1ccc(S(=O)(=O)N2CCc3ccccc32)cc1)c1nc2cc(OC)c(OC)cc2s1.Cl.